The Morgan fingerprint density at radius 1 is 1.08 bits per heavy atom. The van der Waals surface area contributed by atoms with E-state index in [1.165, 1.54) is 24.3 Å². The van der Waals surface area contributed by atoms with Crippen molar-refractivity contribution in [2.75, 3.05) is 19.4 Å². The van der Waals surface area contributed by atoms with E-state index < -0.39 is 17.2 Å². The molecule has 1 aliphatic carbocycles. The van der Waals surface area contributed by atoms with E-state index in [4.69, 9.17) is 0 Å². The van der Waals surface area contributed by atoms with Crippen molar-refractivity contribution in [2.24, 2.45) is 0 Å². The summed E-state index contributed by atoms with van der Waals surface area (Å²) in [6.07, 6.45) is 8.43. The molecule has 0 spiro atoms. The summed E-state index contributed by atoms with van der Waals surface area (Å²) in [6, 6.07) is 2.90. The monoisotopic (exact) mass is 518 g/mol. The maximum atomic E-state index is 14.2. The van der Waals surface area contributed by atoms with Gasteiger partial charge in [-0.05, 0) is 72.7 Å². The Labute approximate surface area is 221 Å². The van der Waals surface area contributed by atoms with Crippen LogP contribution in [-0.2, 0) is 0 Å². The average Bonchev–Trinajstić information content (AvgIpc) is 2.86. The fraction of sp³-hybridized carbons (Fsp3) is 0.571. The topological polar surface area (TPSA) is 75.9 Å². The first-order valence-corrected chi connectivity index (χ1v) is 13.3. The van der Waals surface area contributed by atoms with Gasteiger partial charge in [-0.1, -0.05) is 26.7 Å². The molecule has 2 aromatic heterocycles. The van der Waals surface area contributed by atoms with E-state index in [0.717, 1.165) is 37.8 Å². The van der Waals surface area contributed by atoms with Gasteiger partial charge >= 0.3 is 0 Å². The Kier molecular flexibility index (Phi) is 9.70. The molecule has 9 heteroatoms. The van der Waals surface area contributed by atoms with Crippen LogP contribution in [0.1, 0.15) is 80.7 Å². The van der Waals surface area contributed by atoms with Crippen LogP contribution in [0.2, 0.25) is 0 Å². The average molecular weight is 519 g/mol. The first-order valence-electron chi connectivity index (χ1n) is 13.3. The van der Waals surface area contributed by atoms with Gasteiger partial charge in [0.2, 0.25) is 5.95 Å². The maximum absolute atomic E-state index is 14.2. The molecule has 4 rings (SSSR count). The van der Waals surface area contributed by atoms with Gasteiger partial charge in [0.15, 0.2) is 5.65 Å². The Hall–Kier alpha value is -2.94. The smallest absolute Gasteiger partial charge is 0.278 e. The lowest BCUT2D eigenvalue weighted by Gasteiger charge is -2.32. The Morgan fingerprint density at radius 3 is 2.19 bits per heavy atom. The molecule has 1 N–H and O–H groups in total. The molecule has 1 aliphatic rings. The van der Waals surface area contributed by atoms with Crippen molar-refractivity contribution in [3.8, 4) is 11.3 Å². The van der Waals surface area contributed by atoms with Crippen LogP contribution in [-0.4, -0.2) is 50.6 Å². The van der Waals surface area contributed by atoms with Gasteiger partial charge in [-0.25, -0.2) is 18.7 Å². The number of anilines is 1. The number of nitrogens with one attached hydrogen (secondary N) is 1. The van der Waals surface area contributed by atoms with E-state index in [1.807, 2.05) is 13.8 Å². The highest BCUT2D eigenvalue weighted by Gasteiger charge is 2.24. The van der Waals surface area contributed by atoms with Crippen molar-refractivity contribution in [3.63, 3.8) is 0 Å². The summed E-state index contributed by atoms with van der Waals surface area (Å²) in [6.45, 7) is 9.43. The van der Waals surface area contributed by atoms with Crippen molar-refractivity contribution in [3.05, 3.63) is 45.9 Å². The number of benzene rings is 1. The molecule has 0 saturated heterocycles. The molecular formula is C28H44F2N6O. The van der Waals surface area contributed by atoms with E-state index >= 15 is 0 Å². The Bertz CT molecular complexity index is 1250. The van der Waals surface area contributed by atoms with Gasteiger partial charge in [0.25, 0.3) is 5.56 Å². The molecule has 0 radical (unpaired) electrons. The molecule has 2 heterocycles. The lowest BCUT2D eigenvalue weighted by atomic mass is 9.91. The minimum absolute atomic E-state index is 0. The quantitative estimate of drug-likeness (QED) is 0.396. The van der Waals surface area contributed by atoms with Crippen molar-refractivity contribution < 1.29 is 11.6 Å². The molecule has 0 unspecified atom stereocenters. The largest absolute Gasteiger partial charge is 0.351 e. The van der Waals surface area contributed by atoms with Crippen LogP contribution in [0.15, 0.2) is 23.1 Å². The van der Waals surface area contributed by atoms with Crippen LogP contribution in [0, 0.1) is 18.6 Å². The SMILES string of the molecule is CCCC.Cc1c(F)cc(-c2nc3cnc(NC4CCC(N(C)C)CC4)nc3n(C(C)C)c2=O)cc1F.[HH].[HH]. The second-order valence-corrected chi connectivity index (χ2v) is 10.3. The summed E-state index contributed by atoms with van der Waals surface area (Å²) in [5.41, 5.74) is 0.309. The van der Waals surface area contributed by atoms with Gasteiger partial charge in [-0.3, -0.25) is 9.36 Å². The number of rotatable bonds is 6. The fourth-order valence-corrected chi connectivity index (χ4v) is 4.44. The van der Waals surface area contributed by atoms with Gasteiger partial charge in [-0.15, -0.1) is 0 Å². The maximum Gasteiger partial charge on any atom is 0.278 e. The third-order valence-electron chi connectivity index (χ3n) is 6.96. The zero-order chi connectivity index (χ0) is 27.3. The molecule has 0 aliphatic heterocycles. The lowest BCUT2D eigenvalue weighted by molar-refractivity contribution is 0.221. The van der Waals surface area contributed by atoms with Crippen LogP contribution in [0.4, 0.5) is 14.7 Å². The van der Waals surface area contributed by atoms with E-state index in [1.54, 1.807) is 6.20 Å². The predicted molar refractivity (Wildman–Crippen MR) is 150 cm³/mol. The number of aromatic nitrogens is 4. The van der Waals surface area contributed by atoms with Crippen LogP contribution in [0.3, 0.4) is 0 Å². The van der Waals surface area contributed by atoms with Gasteiger partial charge < -0.3 is 10.2 Å². The van der Waals surface area contributed by atoms with Crippen molar-refractivity contribution >= 4 is 17.1 Å². The molecule has 7 nitrogen and oxygen atoms in total. The van der Waals surface area contributed by atoms with Crippen LogP contribution < -0.4 is 10.9 Å². The summed E-state index contributed by atoms with van der Waals surface area (Å²) in [5.74, 6) is -0.990. The van der Waals surface area contributed by atoms with Crippen molar-refractivity contribution in [2.45, 2.75) is 91.3 Å². The molecule has 0 bridgehead atoms. The summed E-state index contributed by atoms with van der Waals surface area (Å²) in [7, 11) is 4.22. The molecule has 1 fully saturated rings. The number of unbranched alkanes of at least 4 members (excludes halogenated alkanes) is 1. The third-order valence-corrected chi connectivity index (χ3v) is 6.96. The first kappa shape index (κ1) is 28.6. The summed E-state index contributed by atoms with van der Waals surface area (Å²) in [5, 5.41) is 3.40. The van der Waals surface area contributed by atoms with E-state index in [2.05, 4.69) is 53.1 Å². The molecule has 1 saturated carbocycles. The van der Waals surface area contributed by atoms with Gasteiger partial charge in [0.05, 0.1) is 6.20 Å². The minimum Gasteiger partial charge on any atom is -0.351 e. The first-order chi connectivity index (χ1) is 17.6. The number of fused-ring (bicyclic) bond motifs is 1. The summed E-state index contributed by atoms with van der Waals surface area (Å²) >= 11 is 0. The summed E-state index contributed by atoms with van der Waals surface area (Å²) < 4.78 is 29.8. The van der Waals surface area contributed by atoms with Crippen molar-refractivity contribution in [1.29, 1.82) is 0 Å². The number of nitrogens with zero attached hydrogens (tertiary/aromatic N) is 5. The molecule has 0 amide bonds. The Balaban J connectivity index is 0.00000119. The lowest BCUT2D eigenvalue weighted by Crippen LogP contribution is -2.36. The van der Waals surface area contributed by atoms with Crippen LogP contribution in [0.25, 0.3) is 22.4 Å². The van der Waals surface area contributed by atoms with Crippen LogP contribution >= 0.6 is 0 Å². The highest BCUT2D eigenvalue weighted by Crippen LogP contribution is 2.26. The van der Waals surface area contributed by atoms with Gasteiger partial charge in [-0.2, -0.15) is 4.98 Å². The predicted octanol–water partition coefficient (Wildman–Crippen LogP) is 6.60. The number of hydrogen-bond acceptors (Lipinski definition) is 6. The summed E-state index contributed by atoms with van der Waals surface area (Å²) in [4.78, 5) is 29.0. The van der Waals surface area contributed by atoms with Gasteiger partial charge in [0.1, 0.15) is 22.8 Å². The van der Waals surface area contributed by atoms with E-state index in [9.17, 15) is 13.6 Å². The van der Waals surface area contributed by atoms with E-state index in [-0.39, 0.29) is 31.8 Å². The second kappa shape index (κ2) is 12.5. The third kappa shape index (κ3) is 6.69. The zero-order valence-corrected chi connectivity index (χ0v) is 23.1. The standard InChI is InChI=1S/C24H30F2N6O.C4H10.2H2/c1-13(2)32-22-20(29-21(23(32)33)15-10-18(25)14(3)19(26)11-15)12-27-24(30-22)28-16-6-8-17(9-7-16)31(4)5;1-3-4-2;;/h10-13,16-17H,6-9H2,1-5H3,(H,27,28,30);3-4H2,1-2H3;2*1H. The molecule has 1 aromatic carbocycles. The zero-order valence-electron chi connectivity index (χ0n) is 23.1. The normalized spacial score (nSPS) is 17.7. The molecule has 206 valence electrons. The molecule has 0 atom stereocenters. The highest BCUT2D eigenvalue weighted by atomic mass is 19.1. The van der Waals surface area contributed by atoms with Crippen LogP contribution in [0.5, 0.6) is 0 Å². The minimum atomic E-state index is -0.720. The Morgan fingerprint density at radius 2 is 1.68 bits per heavy atom. The number of hydrogen-bond donors (Lipinski definition) is 1. The van der Waals surface area contributed by atoms with Gasteiger partial charge in [0, 0.05) is 32.1 Å². The van der Waals surface area contributed by atoms with E-state index in [0.29, 0.717) is 23.2 Å². The molecule has 37 heavy (non-hydrogen) atoms. The second-order valence-electron chi connectivity index (χ2n) is 10.3. The molecular weight excluding hydrogens is 474 g/mol. The van der Waals surface area contributed by atoms with Crippen molar-refractivity contribution in [1.82, 2.24) is 24.4 Å². The highest BCUT2D eigenvalue weighted by molar-refractivity contribution is 5.75. The molecule has 3 aromatic rings. The fourth-order valence-electron chi connectivity index (χ4n) is 4.44. The number of halogens is 2.